The number of nitrogens with zero attached hydrogens (tertiary/aromatic N) is 3. The van der Waals surface area contributed by atoms with Crippen LogP contribution in [0.25, 0.3) is 17.8 Å². The molecule has 3 aromatic rings. The summed E-state index contributed by atoms with van der Waals surface area (Å²) < 4.78 is 1.86. The molecule has 0 fully saturated rings. The lowest BCUT2D eigenvalue weighted by Gasteiger charge is -2.36. The molecular formula is C24H29N3. The zero-order valence-corrected chi connectivity index (χ0v) is 17.2. The molecule has 0 N–H and O–H groups in total. The monoisotopic (exact) mass is 359 g/mol. The average Bonchev–Trinajstić information content (AvgIpc) is 3.11. The zero-order valence-electron chi connectivity index (χ0n) is 17.2. The lowest BCUT2D eigenvalue weighted by Crippen LogP contribution is -2.34. The standard InChI is InChI=1S/C24H29N3/c1-18-7-9-19(10-8-18)11-12-20-13-15-21(16-14-20)27-17-22(25-26-27)24(5,6)23(2,3)4/h7-17H,1-6H3/b12-11+. The van der Waals surface area contributed by atoms with E-state index in [2.05, 4.69) is 113 Å². The van der Waals surface area contributed by atoms with Crippen molar-refractivity contribution in [1.29, 1.82) is 0 Å². The van der Waals surface area contributed by atoms with Crippen molar-refractivity contribution in [2.45, 2.75) is 47.0 Å². The van der Waals surface area contributed by atoms with Gasteiger partial charge in [-0.25, -0.2) is 4.68 Å². The fourth-order valence-corrected chi connectivity index (χ4v) is 2.67. The van der Waals surface area contributed by atoms with Gasteiger partial charge in [0.25, 0.3) is 0 Å². The molecule has 0 aliphatic rings. The summed E-state index contributed by atoms with van der Waals surface area (Å²) in [7, 11) is 0. The summed E-state index contributed by atoms with van der Waals surface area (Å²) in [5, 5.41) is 8.78. The highest BCUT2D eigenvalue weighted by Crippen LogP contribution is 2.39. The molecule has 0 unspecified atom stereocenters. The smallest absolute Gasteiger partial charge is 0.0893 e. The van der Waals surface area contributed by atoms with Gasteiger partial charge in [0.2, 0.25) is 0 Å². The molecule has 3 heteroatoms. The Bertz CT molecular complexity index is 921. The first-order valence-corrected chi connectivity index (χ1v) is 9.45. The molecule has 0 aliphatic carbocycles. The van der Waals surface area contributed by atoms with E-state index >= 15 is 0 Å². The predicted octanol–water partition coefficient (Wildman–Crippen LogP) is 6.07. The van der Waals surface area contributed by atoms with Crippen LogP contribution in [-0.2, 0) is 5.41 Å². The molecule has 0 atom stereocenters. The van der Waals surface area contributed by atoms with E-state index in [1.54, 1.807) is 0 Å². The topological polar surface area (TPSA) is 30.7 Å². The third-order valence-electron chi connectivity index (χ3n) is 5.71. The van der Waals surface area contributed by atoms with E-state index in [1.165, 1.54) is 11.1 Å². The number of hydrogen-bond acceptors (Lipinski definition) is 2. The summed E-state index contributed by atoms with van der Waals surface area (Å²) >= 11 is 0. The maximum atomic E-state index is 4.44. The van der Waals surface area contributed by atoms with Crippen LogP contribution in [0, 0.1) is 12.3 Å². The van der Waals surface area contributed by atoms with Gasteiger partial charge in [0.1, 0.15) is 0 Å². The lowest BCUT2D eigenvalue weighted by atomic mass is 9.67. The summed E-state index contributed by atoms with van der Waals surface area (Å²) in [6.45, 7) is 13.3. The van der Waals surface area contributed by atoms with E-state index in [0.29, 0.717) is 0 Å². The molecule has 27 heavy (non-hydrogen) atoms. The molecule has 0 aliphatic heterocycles. The Kier molecular flexibility index (Phi) is 5.05. The van der Waals surface area contributed by atoms with Crippen molar-refractivity contribution in [1.82, 2.24) is 15.0 Å². The van der Waals surface area contributed by atoms with Gasteiger partial charge < -0.3 is 0 Å². The second-order valence-electron chi connectivity index (χ2n) is 8.76. The highest BCUT2D eigenvalue weighted by Gasteiger charge is 2.36. The molecule has 0 spiro atoms. The largest absolute Gasteiger partial charge is 0.220 e. The molecule has 0 saturated heterocycles. The minimum Gasteiger partial charge on any atom is -0.220 e. The lowest BCUT2D eigenvalue weighted by molar-refractivity contribution is 0.219. The SMILES string of the molecule is Cc1ccc(/C=C/c2ccc(-n3cc(C(C)(C)C(C)(C)C)nn3)cc2)cc1. The van der Waals surface area contributed by atoms with Gasteiger partial charge in [0.15, 0.2) is 0 Å². The van der Waals surface area contributed by atoms with Crippen molar-refractivity contribution >= 4 is 12.2 Å². The minimum atomic E-state index is -0.0536. The second kappa shape index (κ2) is 7.15. The van der Waals surface area contributed by atoms with Crippen molar-refractivity contribution in [3.8, 4) is 5.69 Å². The normalized spacial score (nSPS) is 12.7. The molecule has 0 radical (unpaired) electrons. The molecule has 0 amide bonds. The van der Waals surface area contributed by atoms with Crippen LogP contribution in [0.5, 0.6) is 0 Å². The zero-order chi connectivity index (χ0) is 19.7. The molecule has 1 heterocycles. The Hall–Kier alpha value is -2.68. The van der Waals surface area contributed by atoms with E-state index in [1.807, 2.05) is 10.9 Å². The van der Waals surface area contributed by atoms with E-state index in [0.717, 1.165) is 16.9 Å². The van der Waals surface area contributed by atoms with Gasteiger partial charge in [-0.3, -0.25) is 0 Å². The van der Waals surface area contributed by atoms with Gasteiger partial charge in [-0.1, -0.05) is 93.9 Å². The Balaban J connectivity index is 1.77. The Morgan fingerprint density at radius 3 is 1.81 bits per heavy atom. The van der Waals surface area contributed by atoms with Crippen molar-refractivity contribution in [3.63, 3.8) is 0 Å². The maximum absolute atomic E-state index is 4.44. The predicted molar refractivity (Wildman–Crippen MR) is 114 cm³/mol. The van der Waals surface area contributed by atoms with Crippen LogP contribution in [0.1, 0.15) is 57.0 Å². The summed E-state index contributed by atoms with van der Waals surface area (Å²) in [4.78, 5) is 0. The quantitative estimate of drug-likeness (QED) is 0.529. The van der Waals surface area contributed by atoms with Gasteiger partial charge in [0, 0.05) is 5.41 Å². The van der Waals surface area contributed by atoms with E-state index < -0.39 is 0 Å². The van der Waals surface area contributed by atoms with Gasteiger partial charge in [-0.2, -0.15) is 0 Å². The van der Waals surface area contributed by atoms with E-state index in [4.69, 9.17) is 0 Å². The molecule has 1 aromatic heterocycles. The first-order chi connectivity index (χ1) is 12.7. The molecular weight excluding hydrogens is 330 g/mol. The van der Waals surface area contributed by atoms with Gasteiger partial charge >= 0.3 is 0 Å². The molecule has 3 rings (SSSR count). The van der Waals surface area contributed by atoms with Gasteiger partial charge in [-0.05, 0) is 35.6 Å². The summed E-state index contributed by atoms with van der Waals surface area (Å²) in [6.07, 6.45) is 6.31. The fourth-order valence-electron chi connectivity index (χ4n) is 2.67. The van der Waals surface area contributed by atoms with Crippen LogP contribution < -0.4 is 0 Å². The minimum absolute atomic E-state index is 0.0536. The van der Waals surface area contributed by atoms with Crippen molar-refractivity contribution < 1.29 is 0 Å². The van der Waals surface area contributed by atoms with Crippen LogP contribution in [-0.4, -0.2) is 15.0 Å². The van der Waals surface area contributed by atoms with E-state index in [9.17, 15) is 0 Å². The molecule has 140 valence electrons. The number of rotatable bonds is 4. The summed E-state index contributed by atoms with van der Waals surface area (Å²) in [6, 6.07) is 16.9. The molecule has 2 aromatic carbocycles. The Labute approximate surface area is 162 Å². The average molecular weight is 360 g/mol. The van der Waals surface area contributed by atoms with Crippen molar-refractivity contribution in [3.05, 3.63) is 77.1 Å². The first-order valence-electron chi connectivity index (χ1n) is 9.45. The first kappa shape index (κ1) is 19.1. The van der Waals surface area contributed by atoms with Crippen LogP contribution in [0.4, 0.5) is 0 Å². The Morgan fingerprint density at radius 2 is 1.30 bits per heavy atom. The highest BCUT2D eigenvalue weighted by molar-refractivity contribution is 5.70. The second-order valence-corrected chi connectivity index (χ2v) is 8.76. The highest BCUT2D eigenvalue weighted by atomic mass is 15.4. The van der Waals surface area contributed by atoms with Crippen LogP contribution in [0.2, 0.25) is 0 Å². The molecule has 3 nitrogen and oxygen atoms in total. The van der Waals surface area contributed by atoms with Crippen LogP contribution in [0.15, 0.2) is 54.7 Å². The summed E-state index contributed by atoms with van der Waals surface area (Å²) in [5.41, 5.74) is 5.73. The Morgan fingerprint density at radius 1 is 0.778 bits per heavy atom. The summed E-state index contributed by atoms with van der Waals surface area (Å²) in [5.74, 6) is 0. The van der Waals surface area contributed by atoms with Crippen LogP contribution >= 0.6 is 0 Å². The van der Waals surface area contributed by atoms with Crippen molar-refractivity contribution in [2.75, 3.05) is 0 Å². The molecule has 0 saturated carbocycles. The number of aryl methyl sites for hydroxylation is 1. The van der Waals surface area contributed by atoms with E-state index in [-0.39, 0.29) is 10.8 Å². The number of benzene rings is 2. The third-order valence-corrected chi connectivity index (χ3v) is 5.71. The number of hydrogen-bond donors (Lipinski definition) is 0. The van der Waals surface area contributed by atoms with Crippen LogP contribution in [0.3, 0.4) is 0 Å². The van der Waals surface area contributed by atoms with Gasteiger partial charge in [-0.15, -0.1) is 5.10 Å². The third kappa shape index (κ3) is 4.19. The number of aromatic nitrogens is 3. The van der Waals surface area contributed by atoms with Crippen molar-refractivity contribution in [2.24, 2.45) is 5.41 Å². The fraction of sp³-hybridized carbons (Fsp3) is 0.333. The van der Waals surface area contributed by atoms with Gasteiger partial charge in [0.05, 0.1) is 17.6 Å². The maximum Gasteiger partial charge on any atom is 0.0893 e. The molecule has 0 bridgehead atoms.